The normalized spacial score (nSPS) is 14.9. The molecule has 1 aromatic carbocycles. The number of nitrogens with zero attached hydrogens (tertiary/aromatic N) is 3. The van der Waals surface area contributed by atoms with Crippen LogP contribution < -0.4 is 5.32 Å². The van der Waals surface area contributed by atoms with Crippen molar-refractivity contribution in [2.45, 2.75) is 6.42 Å². The van der Waals surface area contributed by atoms with Gasteiger partial charge in [0.25, 0.3) is 11.8 Å². The Morgan fingerprint density at radius 3 is 2.54 bits per heavy atom. The summed E-state index contributed by atoms with van der Waals surface area (Å²) >= 11 is 0. The van der Waals surface area contributed by atoms with Gasteiger partial charge in [-0.2, -0.15) is 0 Å². The molecule has 0 unspecified atom stereocenters. The quantitative estimate of drug-likeness (QED) is 0.884. The maximum absolute atomic E-state index is 12.6. The molecular weight excluding hydrogens is 328 g/mol. The van der Waals surface area contributed by atoms with Crippen molar-refractivity contribution in [3.8, 4) is 0 Å². The average Bonchev–Trinajstić information content (AvgIpc) is 2.69. The Hall–Kier alpha value is -2.73. The Balaban J connectivity index is 1.57. The van der Waals surface area contributed by atoms with Crippen LogP contribution in [0.15, 0.2) is 48.7 Å². The number of likely N-dealkylation sites (N-methyl/N-ethyl adjacent to an activating group) is 1. The van der Waals surface area contributed by atoms with Gasteiger partial charge in [0.05, 0.1) is 0 Å². The van der Waals surface area contributed by atoms with E-state index in [0.29, 0.717) is 30.9 Å². The lowest BCUT2D eigenvalue weighted by Gasteiger charge is -2.32. The van der Waals surface area contributed by atoms with E-state index in [1.54, 1.807) is 17.0 Å². The van der Waals surface area contributed by atoms with E-state index < -0.39 is 0 Å². The molecule has 2 aromatic rings. The number of piperazine rings is 1. The molecule has 1 aromatic heterocycles. The summed E-state index contributed by atoms with van der Waals surface area (Å²) in [4.78, 5) is 33.1. The molecule has 136 valence electrons. The Morgan fingerprint density at radius 1 is 1.08 bits per heavy atom. The monoisotopic (exact) mass is 352 g/mol. The molecule has 0 spiro atoms. The first kappa shape index (κ1) is 18.1. The fraction of sp³-hybridized carbons (Fsp3) is 0.350. The van der Waals surface area contributed by atoms with Crippen molar-refractivity contribution < 1.29 is 9.59 Å². The molecule has 1 fully saturated rings. The minimum atomic E-state index is -0.184. The SMILES string of the molecule is CN1CCN(C(=O)c2cc(C(=O)NCCc3ccccc3)ccn2)CC1. The maximum Gasteiger partial charge on any atom is 0.272 e. The molecule has 1 aliphatic heterocycles. The largest absolute Gasteiger partial charge is 0.352 e. The van der Waals surface area contributed by atoms with Crippen LogP contribution in [0.4, 0.5) is 0 Å². The van der Waals surface area contributed by atoms with Crippen molar-refractivity contribution >= 4 is 11.8 Å². The summed E-state index contributed by atoms with van der Waals surface area (Å²) < 4.78 is 0. The molecule has 2 amide bonds. The topological polar surface area (TPSA) is 65.5 Å². The summed E-state index contributed by atoms with van der Waals surface area (Å²) in [5, 5.41) is 2.90. The molecule has 3 rings (SSSR count). The van der Waals surface area contributed by atoms with Crippen LogP contribution in [0.25, 0.3) is 0 Å². The summed E-state index contributed by atoms with van der Waals surface area (Å²) in [5.74, 6) is -0.298. The van der Waals surface area contributed by atoms with Crippen LogP contribution in [0.5, 0.6) is 0 Å². The van der Waals surface area contributed by atoms with E-state index >= 15 is 0 Å². The molecule has 1 saturated heterocycles. The second kappa shape index (κ2) is 8.58. The average molecular weight is 352 g/mol. The van der Waals surface area contributed by atoms with Gasteiger partial charge in [-0.25, -0.2) is 0 Å². The van der Waals surface area contributed by atoms with E-state index in [4.69, 9.17) is 0 Å². The Bertz CT molecular complexity index is 755. The van der Waals surface area contributed by atoms with Crippen LogP contribution in [-0.2, 0) is 6.42 Å². The first-order valence-corrected chi connectivity index (χ1v) is 8.89. The van der Waals surface area contributed by atoms with Gasteiger partial charge in [0, 0.05) is 44.5 Å². The van der Waals surface area contributed by atoms with Crippen LogP contribution in [-0.4, -0.2) is 66.4 Å². The molecule has 6 heteroatoms. The molecule has 1 N–H and O–H groups in total. The highest BCUT2D eigenvalue weighted by Gasteiger charge is 2.22. The van der Waals surface area contributed by atoms with Gasteiger partial charge < -0.3 is 15.1 Å². The van der Waals surface area contributed by atoms with Gasteiger partial charge in [0.15, 0.2) is 0 Å². The van der Waals surface area contributed by atoms with Crippen molar-refractivity contribution in [3.63, 3.8) is 0 Å². The minimum Gasteiger partial charge on any atom is -0.352 e. The van der Waals surface area contributed by atoms with E-state index in [0.717, 1.165) is 19.5 Å². The summed E-state index contributed by atoms with van der Waals surface area (Å²) in [7, 11) is 2.04. The van der Waals surface area contributed by atoms with E-state index in [-0.39, 0.29) is 11.8 Å². The number of hydrogen-bond acceptors (Lipinski definition) is 4. The number of amides is 2. The third kappa shape index (κ3) is 4.67. The predicted octanol–water partition coefficient (Wildman–Crippen LogP) is 1.44. The van der Waals surface area contributed by atoms with Gasteiger partial charge in [-0.15, -0.1) is 0 Å². The number of pyridine rings is 1. The standard InChI is InChI=1S/C20H24N4O2/c1-23-11-13-24(14-12-23)20(26)18-15-17(8-10-21-18)19(25)22-9-7-16-5-3-2-4-6-16/h2-6,8,10,15H,7,9,11-14H2,1H3,(H,22,25). The predicted molar refractivity (Wildman–Crippen MR) is 100 cm³/mol. The number of hydrogen-bond donors (Lipinski definition) is 1. The molecule has 0 saturated carbocycles. The van der Waals surface area contributed by atoms with Crippen molar-refractivity contribution in [2.24, 2.45) is 0 Å². The fourth-order valence-corrected chi connectivity index (χ4v) is 2.93. The second-order valence-electron chi connectivity index (χ2n) is 6.52. The lowest BCUT2D eigenvalue weighted by Crippen LogP contribution is -2.47. The second-order valence-corrected chi connectivity index (χ2v) is 6.52. The summed E-state index contributed by atoms with van der Waals surface area (Å²) in [5.41, 5.74) is 1.96. The molecule has 0 atom stereocenters. The van der Waals surface area contributed by atoms with Crippen molar-refractivity contribution in [2.75, 3.05) is 39.8 Å². The zero-order chi connectivity index (χ0) is 18.4. The molecule has 6 nitrogen and oxygen atoms in total. The fourth-order valence-electron chi connectivity index (χ4n) is 2.93. The molecule has 2 heterocycles. The van der Waals surface area contributed by atoms with Gasteiger partial charge in [-0.3, -0.25) is 14.6 Å². The van der Waals surface area contributed by atoms with E-state index in [2.05, 4.69) is 15.2 Å². The number of nitrogens with one attached hydrogen (secondary N) is 1. The Morgan fingerprint density at radius 2 is 1.81 bits per heavy atom. The van der Waals surface area contributed by atoms with Crippen LogP contribution in [0, 0.1) is 0 Å². The van der Waals surface area contributed by atoms with E-state index in [1.165, 1.54) is 11.8 Å². The molecular formula is C20H24N4O2. The number of carbonyl (C=O) groups is 2. The Kier molecular flexibility index (Phi) is 5.96. The Labute approximate surface area is 153 Å². The van der Waals surface area contributed by atoms with Crippen molar-refractivity contribution in [3.05, 3.63) is 65.5 Å². The van der Waals surface area contributed by atoms with Gasteiger partial charge in [-0.1, -0.05) is 30.3 Å². The van der Waals surface area contributed by atoms with Crippen molar-refractivity contribution in [1.29, 1.82) is 0 Å². The lowest BCUT2D eigenvalue weighted by molar-refractivity contribution is 0.0658. The summed E-state index contributed by atoms with van der Waals surface area (Å²) in [6.45, 7) is 3.62. The molecule has 0 aliphatic carbocycles. The third-order valence-corrected chi connectivity index (χ3v) is 4.57. The minimum absolute atomic E-state index is 0.114. The van der Waals surface area contributed by atoms with Crippen molar-refractivity contribution in [1.82, 2.24) is 20.1 Å². The highest BCUT2D eigenvalue weighted by molar-refractivity contribution is 5.98. The molecule has 0 bridgehead atoms. The van der Waals surface area contributed by atoms with Crippen LogP contribution in [0.1, 0.15) is 26.4 Å². The molecule has 0 radical (unpaired) electrons. The van der Waals surface area contributed by atoms with Crippen LogP contribution >= 0.6 is 0 Å². The van der Waals surface area contributed by atoms with E-state index in [1.807, 2.05) is 37.4 Å². The first-order chi connectivity index (χ1) is 12.6. The number of carbonyl (C=O) groups excluding carboxylic acids is 2. The highest BCUT2D eigenvalue weighted by Crippen LogP contribution is 2.08. The summed E-state index contributed by atoms with van der Waals surface area (Å²) in [6, 6.07) is 13.2. The highest BCUT2D eigenvalue weighted by atomic mass is 16.2. The summed E-state index contributed by atoms with van der Waals surface area (Å²) in [6.07, 6.45) is 2.29. The number of rotatable bonds is 5. The van der Waals surface area contributed by atoms with Gasteiger partial charge in [0.2, 0.25) is 0 Å². The lowest BCUT2D eigenvalue weighted by atomic mass is 10.1. The third-order valence-electron chi connectivity index (χ3n) is 4.57. The van der Waals surface area contributed by atoms with E-state index in [9.17, 15) is 9.59 Å². The smallest absolute Gasteiger partial charge is 0.272 e. The van der Waals surface area contributed by atoms with Crippen LogP contribution in [0.3, 0.4) is 0 Å². The zero-order valence-electron chi connectivity index (χ0n) is 15.0. The maximum atomic E-state index is 12.6. The number of aromatic nitrogens is 1. The van der Waals surface area contributed by atoms with Gasteiger partial charge >= 0.3 is 0 Å². The first-order valence-electron chi connectivity index (χ1n) is 8.89. The zero-order valence-corrected chi connectivity index (χ0v) is 15.0. The molecule has 1 aliphatic rings. The molecule has 26 heavy (non-hydrogen) atoms. The van der Waals surface area contributed by atoms with Gasteiger partial charge in [0.1, 0.15) is 5.69 Å². The van der Waals surface area contributed by atoms with Gasteiger partial charge in [-0.05, 0) is 31.2 Å². The van der Waals surface area contributed by atoms with Crippen LogP contribution in [0.2, 0.25) is 0 Å². The number of benzene rings is 1.